The molecule has 10 amide bonds. The van der Waals surface area contributed by atoms with Crippen molar-refractivity contribution in [2.24, 2.45) is 17.3 Å². The van der Waals surface area contributed by atoms with E-state index in [-0.39, 0.29) is 139 Å². The van der Waals surface area contributed by atoms with Crippen LogP contribution >= 0.6 is 23.2 Å². The number of alkyl carbamates (subject to hydrolysis) is 1. The Kier molecular flexibility index (Phi) is 25.7. The van der Waals surface area contributed by atoms with E-state index in [1.54, 1.807) is 78.8 Å². The van der Waals surface area contributed by atoms with E-state index >= 15 is 4.79 Å². The fourth-order valence-electron chi connectivity index (χ4n) is 14.8. The number of piperazine rings is 2. The molecule has 11 rings (SSSR count). The van der Waals surface area contributed by atoms with Crippen molar-refractivity contribution < 1.29 is 111 Å². The molecule has 8 N–H and O–H groups in total. The second kappa shape index (κ2) is 33.7. The van der Waals surface area contributed by atoms with Gasteiger partial charge in [-0.05, 0) is 133 Å². The van der Waals surface area contributed by atoms with Crippen molar-refractivity contribution in [3.05, 3.63) is 110 Å². The van der Waals surface area contributed by atoms with Crippen LogP contribution in [0, 0.1) is 24.2 Å². The van der Waals surface area contributed by atoms with Gasteiger partial charge in [-0.1, -0.05) is 79.5 Å². The summed E-state index contributed by atoms with van der Waals surface area (Å²) in [5.74, 6) is -9.40. The summed E-state index contributed by atoms with van der Waals surface area (Å²) in [4.78, 5) is 160. The molecule has 109 heavy (non-hydrogen) atoms. The molecule has 6 fully saturated rings. The highest BCUT2D eigenvalue weighted by atomic mass is 35.5. The SMILES string of the molecule is CC(=O)NCCN1CCN(C(=O)NC(C(=O)C[C@H]2Cc3cccc(C(=O)O)c3OB2O)c2ccc(O)c(O)c2Cl)C(=O)C1=O.COc1c(C[C@H](CC(=O)C(NC(=O)N2CCN(CCNC(=O)OC(C)(C)C)C(=O)C2=O)c2ccc(C)c(OC)c2Cl)B2O[C@@H]3C[C@@H]4C[C@@H](C4(C)C)[C@]3(C)O2)cccc1C(=O)OC(C)(C)C. The molecule has 35 heteroatoms. The summed E-state index contributed by atoms with van der Waals surface area (Å²) in [6, 6.07) is 9.89. The van der Waals surface area contributed by atoms with Gasteiger partial charge in [0.1, 0.15) is 46.1 Å². The number of aromatic carboxylic acids is 1. The molecule has 31 nitrogen and oxygen atoms in total. The van der Waals surface area contributed by atoms with Crippen molar-refractivity contribution in [1.29, 1.82) is 0 Å². The van der Waals surface area contributed by atoms with Gasteiger partial charge in [0.25, 0.3) is 0 Å². The molecule has 4 aliphatic heterocycles. The second-order valence-corrected chi connectivity index (χ2v) is 31.3. The van der Waals surface area contributed by atoms with Gasteiger partial charge in [-0.25, -0.2) is 24.0 Å². The molecule has 0 radical (unpaired) electrons. The molecule has 0 spiro atoms. The number of carboxylic acid groups (broad SMARTS) is 1. The van der Waals surface area contributed by atoms with E-state index in [2.05, 4.69) is 42.0 Å². The lowest BCUT2D eigenvalue weighted by molar-refractivity contribution is -0.199. The van der Waals surface area contributed by atoms with E-state index in [1.165, 1.54) is 44.2 Å². The molecule has 7 aliphatic rings. The number of carbonyl (C=O) groups excluding carboxylic acids is 11. The highest BCUT2D eigenvalue weighted by Crippen LogP contribution is 2.66. The molecule has 2 unspecified atom stereocenters. The third-order valence-electron chi connectivity index (χ3n) is 20.5. The van der Waals surface area contributed by atoms with Crippen molar-refractivity contribution in [1.82, 2.24) is 40.9 Å². The third-order valence-corrected chi connectivity index (χ3v) is 21.3. The molecule has 2 bridgehead atoms. The first-order valence-electron chi connectivity index (χ1n) is 35.6. The number of fused-ring (bicyclic) bond motifs is 1. The zero-order valence-corrected chi connectivity index (χ0v) is 64.5. The first kappa shape index (κ1) is 83.4. The van der Waals surface area contributed by atoms with Gasteiger partial charge in [0.05, 0.1) is 41.5 Å². The summed E-state index contributed by atoms with van der Waals surface area (Å²) < 4.78 is 41.6. The fourth-order valence-corrected chi connectivity index (χ4v) is 15.5. The Bertz CT molecular complexity index is 4270. The molecular formula is C74H92B2Cl2N8O23. The predicted octanol–water partition coefficient (Wildman–Crippen LogP) is 7.32. The van der Waals surface area contributed by atoms with E-state index in [4.69, 9.17) is 56.1 Å². The number of nitrogens with zero attached hydrogens (tertiary/aromatic N) is 4. The van der Waals surface area contributed by atoms with E-state index in [0.717, 1.165) is 28.7 Å². The van der Waals surface area contributed by atoms with Crippen molar-refractivity contribution in [3.8, 4) is 28.7 Å². The number of Topliss-reactive ketones (excluding diaryl/α,β-unsaturated/α-hetero) is 2. The zero-order chi connectivity index (χ0) is 80.3. The second-order valence-electron chi connectivity index (χ2n) is 30.5. The molecule has 4 aromatic carbocycles. The lowest BCUT2D eigenvalue weighted by atomic mass is 9.43. The number of amides is 10. The number of benzene rings is 4. The number of phenols is 2. The summed E-state index contributed by atoms with van der Waals surface area (Å²) in [5.41, 5.74) is -0.281. The van der Waals surface area contributed by atoms with Crippen LogP contribution in [0.1, 0.15) is 156 Å². The number of halogens is 2. The summed E-state index contributed by atoms with van der Waals surface area (Å²) in [7, 11) is 0.424. The third kappa shape index (κ3) is 18.6. The maximum atomic E-state index is 15.1. The van der Waals surface area contributed by atoms with Crippen LogP contribution in [-0.4, -0.2) is 215 Å². The highest BCUT2D eigenvalue weighted by Gasteiger charge is 2.68. The smallest absolute Gasteiger partial charge is 0.526 e. The number of urea groups is 2. The average molecular weight is 1550 g/mol. The Morgan fingerprint density at radius 1 is 0.697 bits per heavy atom. The highest BCUT2D eigenvalue weighted by molar-refractivity contribution is 6.48. The van der Waals surface area contributed by atoms with Gasteiger partial charge in [0, 0.05) is 94.9 Å². The molecule has 3 saturated heterocycles. The van der Waals surface area contributed by atoms with Crippen LogP contribution in [0.25, 0.3) is 0 Å². The molecule has 4 heterocycles. The molecule has 3 aliphatic carbocycles. The summed E-state index contributed by atoms with van der Waals surface area (Å²) in [6.07, 6.45) is 0.423. The Labute approximate surface area is 640 Å². The van der Waals surface area contributed by atoms with Crippen LogP contribution < -0.4 is 35.4 Å². The molecule has 3 saturated carbocycles. The standard InChI is InChI=1S/C47H64BClN4O12.C27H28BClN4O11/c1-26-16-17-30(35(49)37(26)60-11)36(51-42(58)53-21-20-52(39(55)40(53)56)19-18-50-43(59)63-45(5,6)7)32(54)25-29(48-64-34-24-28-23-33(46(28,8)9)47(34,10)65-48)22-27-14-13-15-31(38(27)61-12)41(57)62-44(2,3)4;1-13(34)30-7-8-32-9-10-33(25(39)24(32)38)27(42)31-21(16-5-6-18(35)22(37)20(16)29)19(36)12-15-11-14-3-2-4-17(26(40)41)23(14)44-28(15)43/h13-17,28-29,33-34,36H,18-25H2,1-12H3,(H,50,59)(H,51,58);2-6,15,21,35,37,43H,7-12H2,1H3,(H,30,34)(H,31,42)(H,40,41)/t28-,29+,33-,34+,36?,47-;15-,21?/m01/s1. The van der Waals surface area contributed by atoms with Crippen molar-refractivity contribution >= 4 is 109 Å². The van der Waals surface area contributed by atoms with Crippen molar-refractivity contribution in [2.75, 3.05) is 66.6 Å². The maximum Gasteiger partial charge on any atom is 0.526 e. The minimum absolute atomic E-state index is 0.00385. The van der Waals surface area contributed by atoms with Crippen molar-refractivity contribution in [3.63, 3.8) is 0 Å². The van der Waals surface area contributed by atoms with Crippen LogP contribution in [-0.2, 0) is 65.2 Å². The lowest BCUT2D eigenvalue weighted by Crippen LogP contribution is -2.65. The number of hydrogen-bond donors (Lipinski definition) is 8. The van der Waals surface area contributed by atoms with Gasteiger partial charge in [-0.2, -0.15) is 0 Å². The zero-order valence-electron chi connectivity index (χ0n) is 63.0. The summed E-state index contributed by atoms with van der Waals surface area (Å²) >= 11 is 13.2. The van der Waals surface area contributed by atoms with Gasteiger partial charge < -0.3 is 84.3 Å². The number of aryl methyl sites for hydroxylation is 1. The average Bonchev–Trinajstić information content (AvgIpc) is 1.54. The quantitative estimate of drug-likeness (QED) is 0.0156. The van der Waals surface area contributed by atoms with Crippen molar-refractivity contribution in [2.45, 2.75) is 161 Å². The number of nitrogens with one attached hydrogen (secondary N) is 4. The number of carbonyl (C=O) groups is 12. The number of aromatic hydroxyl groups is 2. The number of imide groups is 2. The van der Waals surface area contributed by atoms with Gasteiger partial charge in [0.15, 0.2) is 23.1 Å². The lowest BCUT2D eigenvalue weighted by Gasteiger charge is -2.64. The molecule has 586 valence electrons. The Hall–Kier alpha value is -9.69. The van der Waals surface area contributed by atoms with Crippen LogP contribution in [0.15, 0.2) is 60.7 Å². The minimum atomic E-state index is -1.62. The van der Waals surface area contributed by atoms with Gasteiger partial charge >= 0.3 is 68.0 Å². The molecule has 0 aromatic heterocycles. The summed E-state index contributed by atoms with van der Waals surface area (Å²) in [5, 5.41) is 49.9. The first-order valence-corrected chi connectivity index (χ1v) is 36.4. The largest absolute Gasteiger partial charge is 0.535 e. The normalized spacial score (nSPS) is 20.8. The Morgan fingerprint density at radius 3 is 1.83 bits per heavy atom. The van der Waals surface area contributed by atoms with E-state index in [9.17, 15) is 73.1 Å². The number of carboxylic acids is 1. The Morgan fingerprint density at radius 2 is 1.26 bits per heavy atom. The van der Waals surface area contributed by atoms with Gasteiger partial charge in [-0.3, -0.25) is 43.4 Å². The summed E-state index contributed by atoms with van der Waals surface area (Å²) in [6.45, 7) is 19.8. The number of esters is 1. The number of methoxy groups -OCH3 is 2. The molecule has 4 aromatic rings. The maximum absolute atomic E-state index is 15.1. The van der Waals surface area contributed by atoms with Gasteiger partial charge in [-0.15, -0.1) is 0 Å². The minimum Gasteiger partial charge on any atom is -0.535 e. The molecular weight excluding hydrogens is 1460 g/mol. The number of ether oxygens (including phenoxy) is 4. The van der Waals surface area contributed by atoms with Gasteiger partial charge in [0.2, 0.25) is 5.91 Å². The number of phenolic OH excluding ortho intramolecular Hbond substituents is 2. The van der Waals surface area contributed by atoms with E-state index in [1.807, 2.05) is 6.07 Å². The number of hydrogen-bond acceptors (Lipinski definition) is 22. The van der Waals surface area contributed by atoms with Crippen LogP contribution in [0.5, 0.6) is 28.7 Å². The Balaban J connectivity index is 0.000000271. The molecule has 8 atom stereocenters. The number of rotatable bonds is 23. The number of ketones is 2. The first-order chi connectivity index (χ1) is 51.1. The van der Waals surface area contributed by atoms with Crippen LogP contribution in [0.4, 0.5) is 14.4 Å². The monoisotopic (exact) mass is 1550 g/mol. The number of para-hydroxylation sites is 2. The van der Waals surface area contributed by atoms with Crippen LogP contribution in [0.2, 0.25) is 21.7 Å². The topological polar surface area (TPSA) is 411 Å². The predicted molar refractivity (Wildman–Crippen MR) is 394 cm³/mol. The van der Waals surface area contributed by atoms with E-state index in [0.29, 0.717) is 27.5 Å². The van der Waals surface area contributed by atoms with E-state index < -0.39 is 143 Å². The van der Waals surface area contributed by atoms with Crippen LogP contribution in [0.3, 0.4) is 0 Å². The fraction of sp³-hybridized carbons (Fsp3) is 0.514.